The number of rotatable bonds is 2. The number of fused-ring (bicyclic) bond motifs is 1. The predicted molar refractivity (Wildman–Crippen MR) is 77.6 cm³/mol. The summed E-state index contributed by atoms with van der Waals surface area (Å²) < 4.78 is 10.7. The van der Waals surface area contributed by atoms with E-state index in [4.69, 9.17) is 9.47 Å². The topological polar surface area (TPSA) is 88.0 Å². The van der Waals surface area contributed by atoms with E-state index in [2.05, 4.69) is 9.97 Å². The molecule has 0 fully saturated rings. The Kier molecular flexibility index (Phi) is 3.31. The van der Waals surface area contributed by atoms with E-state index < -0.39 is 5.56 Å². The molecule has 1 aliphatic rings. The molecule has 7 heteroatoms. The van der Waals surface area contributed by atoms with Crippen LogP contribution in [0.5, 0.6) is 11.5 Å². The van der Waals surface area contributed by atoms with Crippen LogP contribution in [0.4, 0.5) is 0 Å². The largest absolute Gasteiger partial charge is 0.454 e. The molecule has 1 N–H and O–H groups in total. The van der Waals surface area contributed by atoms with E-state index in [1.165, 1.54) is 11.8 Å². The zero-order valence-electron chi connectivity index (χ0n) is 11.4. The zero-order chi connectivity index (χ0) is 15.0. The summed E-state index contributed by atoms with van der Waals surface area (Å²) in [7, 11) is 0. The molecule has 0 aliphatic carbocycles. The number of nitriles is 1. The minimum atomic E-state index is -0.441. The van der Waals surface area contributed by atoms with Gasteiger partial charge in [-0.3, -0.25) is 4.79 Å². The lowest BCUT2D eigenvalue weighted by Gasteiger charge is -2.09. The van der Waals surface area contributed by atoms with Crippen molar-refractivity contribution in [3.05, 3.63) is 33.6 Å². The molecule has 0 spiro atoms. The van der Waals surface area contributed by atoms with Gasteiger partial charge < -0.3 is 14.5 Å². The molecule has 21 heavy (non-hydrogen) atoms. The highest BCUT2D eigenvalue weighted by atomic mass is 32.2. The van der Waals surface area contributed by atoms with Crippen molar-refractivity contribution >= 4 is 11.8 Å². The van der Waals surface area contributed by atoms with Crippen LogP contribution in [0.3, 0.4) is 0 Å². The molecule has 0 bridgehead atoms. The number of nitrogens with one attached hydrogen (secondary N) is 1. The Morgan fingerprint density at radius 1 is 1.38 bits per heavy atom. The Morgan fingerprint density at radius 2 is 2.10 bits per heavy atom. The monoisotopic (exact) mass is 301 g/mol. The molecule has 0 atom stereocenters. The van der Waals surface area contributed by atoms with Crippen LogP contribution in [0.1, 0.15) is 11.1 Å². The molecule has 0 unspecified atom stereocenters. The van der Waals surface area contributed by atoms with Crippen LogP contribution in [0, 0.1) is 18.3 Å². The van der Waals surface area contributed by atoms with Crippen molar-refractivity contribution in [2.45, 2.75) is 12.1 Å². The molecule has 0 radical (unpaired) electrons. The van der Waals surface area contributed by atoms with Gasteiger partial charge in [0.2, 0.25) is 6.79 Å². The normalized spacial score (nSPS) is 12.2. The number of thioether (sulfide) groups is 1. The fraction of sp³-hybridized carbons (Fsp3) is 0.214. The van der Waals surface area contributed by atoms with E-state index in [0.29, 0.717) is 27.9 Å². The maximum atomic E-state index is 12.0. The summed E-state index contributed by atoms with van der Waals surface area (Å²) >= 11 is 1.31. The van der Waals surface area contributed by atoms with Crippen LogP contribution in [0.15, 0.2) is 22.1 Å². The number of aryl methyl sites for hydroxylation is 1. The second kappa shape index (κ2) is 5.14. The van der Waals surface area contributed by atoms with Gasteiger partial charge in [-0.1, -0.05) is 11.8 Å². The van der Waals surface area contributed by atoms with Crippen LogP contribution in [0.2, 0.25) is 0 Å². The smallest absolute Gasteiger partial charge is 0.270 e. The lowest BCUT2D eigenvalue weighted by molar-refractivity contribution is 0.174. The van der Waals surface area contributed by atoms with Gasteiger partial charge in [-0.2, -0.15) is 5.26 Å². The summed E-state index contributed by atoms with van der Waals surface area (Å²) in [5.74, 6) is 1.25. The quantitative estimate of drug-likeness (QED) is 0.675. The fourth-order valence-corrected chi connectivity index (χ4v) is 2.52. The van der Waals surface area contributed by atoms with Crippen molar-refractivity contribution in [3.63, 3.8) is 0 Å². The zero-order valence-corrected chi connectivity index (χ0v) is 12.2. The first-order chi connectivity index (χ1) is 10.1. The van der Waals surface area contributed by atoms with Crippen LogP contribution >= 0.6 is 11.8 Å². The number of H-pyrrole nitrogens is 1. The van der Waals surface area contributed by atoms with Crippen molar-refractivity contribution in [3.8, 4) is 28.8 Å². The van der Waals surface area contributed by atoms with Gasteiger partial charge in [0, 0.05) is 5.56 Å². The van der Waals surface area contributed by atoms with E-state index >= 15 is 0 Å². The van der Waals surface area contributed by atoms with Gasteiger partial charge >= 0.3 is 0 Å². The molecule has 1 aromatic heterocycles. The first-order valence-electron chi connectivity index (χ1n) is 6.13. The number of hydrogen-bond acceptors (Lipinski definition) is 6. The Labute approximate surface area is 124 Å². The molecule has 0 amide bonds. The van der Waals surface area contributed by atoms with Gasteiger partial charge in [-0.25, -0.2) is 4.98 Å². The van der Waals surface area contributed by atoms with Gasteiger partial charge in [0.25, 0.3) is 5.56 Å². The summed E-state index contributed by atoms with van der Waals surface area (Å²) in [6.45, 7) is 2.04. The van der Waals surface area contributed by atoms with Crippen molar-refractivity contribution < 1.29 is 9.47 Å². The van der Waals surface area contributed by atoms with Gasteiger partial charge in [0.15, 0.2) is 16.7 Å². The maximum Gasteiger partial charge on any atom is 0.270 e. The molecule has 3 rings (SSSR count). The highest BCUT2D eigenvalue weighted by molar-refractivity contribution is 7.98. The van der Waals surface area contributed by atoms with E-state index in [1.54, 1.807) is 12.3 Å². The van der Waals surface area contributed by atoms with Crippen molar-refractivity contribution in [1.82, 2.24) is 9.97 Å². The number of aromatic nitrogens is 2. The standard InChI is InChI=1S/C14H11N3O3S/c1-7-3-10-11(20-6-19-10)4-8(7)12-9(5-15)13(18)17-14(16-12)21-2/h3-4H,6H2,1-2H3,(H,16,17,18). The van der Waals surface area contributed by atoms with Crippen LogP contribution < -0.4 is 15.0 Å². The molecule has 106 valence electrons. The number of ether oxygens (including phenoxy) is 2. The lowest BCUT2D eigenvalue weighted by atomic mass is 10.0. The SMILES string of the molecule is CSc1nc(-c2cc3c(cc2C)OCO3)c(C#N)c(=O)[nH]1. The van der Waals surface area contributed by atoms with E-state index in [9.17, 15) is 10.1 Å². The molecule has 1 aromatic carbocycles. The van der Waals surface area contributed by atoms with E-state index in [0.717, 1.165) is 5.56 Å². The summed E-state index contributed by atoms with van der Waals surface area (Å²) in [5, 5.41) is 9.70. The number of hydrogen-bond donors (Lipinski definition) is 1. The summed E-state index contributed by atoms with van der Waals surface area (Å²) in [6.07, 6.45) is 1.81. The second-order valence-corrected chi connectivity index (χ2v) is 5.23. The Balaban J connectivity index is 2.28. The molecule has 2 aromatic rings. The molecular weight excluding hydrogens is 290 g/mol. The minimum Gasteiger partial charge on any atom is -0.454 e. The van der Waals surface area contributed by atoms with Crippen LogP contribution in [-0.4, -0.2) is 23.0 Å². The Bertz CT molecular complexity index is 823. The molecular formula is C14H11N3O3S. The number of nitrogens with zero attached hydrogens (tertiary/aromatic N) is 2. The van der Waals surface area contributed by atoms with Crippen LogP contribution in [0.25, 0.3) is 11.3 Å². The third-order valence-corrected chi connectivity index (χ3v) is 3.76. The summed E-state index contributed by atoms with van der Waals surface area (Å²) in [4.78, 5) is 18.9. The maximum absolute atomic E-state index is 12.0. The van der Waals surface area contributed by atoms with Crippen molar-refractivity contribution in [2.24, 2.45) is 0 Å². The molecule has 2 heterocycles. The molecule has 0 saturated carbocycles. The number of benzene rings is 1. The Morgan fingerprint density at radius 3 is 2.76 bits per heavy atom. The van der Waals surface area contributed by atoms with Crippen molar-refractivity contribution in [1.29, 1.82) is 5.26 Å². The highest BCUT2D eigenvalue weighted by Crippen LogP contribution is 2.38. The molecule has 0 saturated heterocycles. The average Bonchev–Trinajstić information content (AvgIpc) is 2.92. The second-order valence-electron chi connectivity index (χ2n) is 4.43. The third-order valence-electron chi connectivity index (χ3n) is 3.18. The first-order valence-corrected chi connectivity index (χ1v) is 7.35. The molecule has 1 aliphatic heterocycles. The van der Waals surface area contributed by atoms with E-state index in [1.807, 2.05) is 19.1 Å². The third kappa shape index (κ3) is 2.23. The lowest BCUT2D eigenvalue weighted by Crippen LogP contribution is -2.14. The highest BCUT2D eigenvalue weighted by Gasteiger charge is 2.20. The van der Waals surface area contributed by atoms with Gasteiger partial charge in [0.05, 0.1) is 5.69 Å². The van der Waals surface area contributed by atoms with Gasteiger partial charge in [-0.15, -0.1) is 0 Å². The van der Waals surface area contributed by atoms with E-state index in [-0.39, 0.29) is 12.4 Å². The fourth-order valence-electron chi connectivity index (χ4n) is 2.15. The van der Waals surface area contributed by atoms with Gasteiger partial charge in [-0.05, 0) is 30.9 Å². The van der Waals surface area contributed by atoms with Gasteiger partial charge in [0.1, 0.15) is 11.6 Å². The molecule has 6 nitrogen and oxygen atoms in total. The number of aromatic amines is 1. The first kappa shape index (κ1) is 13.5. The minimum absolute atomic E-state index is 0.00485. The van der Waals surface area contributed by atoms with Crippen LogP contribution in [-0.2, 0) is 0 Å². The summed E-state index contributed by atoms with van der Waals surface area (Å²) in [6, 6.07) is 5.50. The van der Waals surface area contributed by atoms with Crippen molar-refractivity contribution in [2.75, 3.05) is 13.0 Å². The average molecular weight is 301 g/mol. The summed E-state index contributed by atoms with van der Waals surface area (Å²) in [5.41, 5.74) is 1.47. The predicted octanol–water partition coefficient (Wildman–Crippen LogP) is 2.07. The Hall–Kier alpha value is -2.46.